The van der Waals surface area contributed by atoms with E-state index < -0.39 is 0 Å². The Kier molecular flexibility index (Phi) is 5.97. The second-order valence-corrected chi connectivity index (χ2v) is 7.59. The second kappa shape index (κ2) is 8.18. The van der Waals surface area contributed by atoms with Crippen LogP contribution in [0.1, 0.15) is 19.3 Å². The van der Waals surface area contributed by atoms with E-state index in [0.29, 0.717) is 11.8 Å². The molecule has 23 heavy (non-hydrogen) atoms. The average molecular weight is 334 g/mol. The predicted molar refractivity (Wildman–Crippen MR) is 93.5 cm³/mol. The molecule has 1 saturated heterocycles. The summed E-state index contributed by atoms with van der Waals surface area (Å²) < 4.78 is 0. The molecule has 1 unspecified atom stereocenters. The van der Waals surface area contributed by atoms with Crippen LogP contribution in [0.3, 0.4) is 0 Å². The summed E-state index contributed by atoms with van der Waals surface area (Å²) in [6.07, 6.45) is 3.46. The van der Waals surface area contributed by atoms with Gasteiger partial charge in [0, 0.05) is 43.7 Å². The SMILES string of the molecule is O=C(CSc1ccccc1)N1CCN(CC2CC2)C(CCO)C1. The summed E-state index contributed by atoms with van der Waals surface area (Å²) in [6.45, 7) is 3.88. The Balaban J connectivity index is 1.50. The molecule has 0 radical (unpaired) electrons. The van der Waals surface area contributed by atoms with Crippen molar-refractivity contribution in [2.75, 3.05) is 38.5 Å². The first-order chi connectivity index (χ1) is 11.3. The Hall–Kier alpha value is -1.04. The number of thioether (sulfide) groups is 1. The number of hydrogen-bond acceptors (Lipinski definition) is 4. The van der Waals surface area contributed by atoms with E-state index in [0.717, 1.165) is 43.4 Å². The van der Waals surface area contributed by atoms with Crippen LogP contribution in [-0.2, 0) is 4.79 Å². The highest BCUT2D eigenvalue weighted by molar-refractivity contribution is 8.00. The minimum atomic E-state index is 0.201. The standard InChI is InChI=1S/C18H26N2O2S/c21-11-8-16-13-20(10-9-19(16)12-15-6-7-15)18(22)14-23-17-4-2-1-3-5-17/h1-5,15-16,21H,6-14H2. The molecule has 3 rings (SSSR count). The molecule has 1 amide bonds. The van der Waals surface area contributed by atoms with Gasteiger partial charge in [-0.15, -0.1) is 11.8 Å². The number of carbonyl (C=O) groups excluding carboxylic acids is 1. The third kappa shape index (κ3) is 4.96. The predicted octanol–water partition coefficient (Wildman–Crippen LogP) is 2.08. The number of aliphatic hydroxyl groups excluding tert-OH is 1. The van der Waals surface area contributed by atoms with Gasteiger partial charge in [0.05, 0.1) is 5.75 Å². The summed E-state index contributed by atoms with van der Waals surface area (Å²) in [7, 11) is 0. The Morgan fingerprint density at radius 1 is 1.22 bits per heavy atom. The normalized spacial score (nSPS) is 22.3. The van der Waals surface area contributed by atoms with Gasteiger partial charge in [0.25, 0.3) is 0 Å². The maximum absolute atomic E-state index is 12.5. The van der Waals surface area contributed by atoms with Gasteiger partial charge in [-0.05, 0) is 37.3 Å². The molecule has 0 spiro atoms. The number of benzene rings is 1. The smallest absolute Gasteiger partial charge is 0.233 e. The lowest BCUT2D eigenvalue weighted by atomic mass is 10.1. The van der Waals surface area contributed by atoms with Crippen molar-refractivity contribution in [3.05, 3.63) is 30.3 Å². The summed E-state index contributed by atoms with van der Waals surface area (Å²) in [5, 5.41) is 9.33. The zero-order valence-corrected chi connectivity index (χ0v) is 14.4. The van der Waals surface area contributed by atoms with Crippen LogP contribution in [0.4, 0.5) is 0 Å². The fraction of sp³-hybridized carbons (Fsp3) is 0.611. The molecule has 0 bridgehead atoms. The van der Waals surface area contributed by atoms with Crippen molar-refractivity contribution in [3.8, 4) is 0 Å². The van der Waals surface area contributed by atoms with Gasteiger partial charge in [0.2, 0.25) is 5.91 Å². The number of hydrogen-bond donors (Lipinski definition) is 1. The van der Waals surface area contributed by atoms with E-state index in [4.69, 9.17) is 0 Å². The van der Waals surface area contributed by atoms with Gasteiger partial charge in [-0.2, -0.15) is 0 Å². The number of aliphatic hydroxyl groups is 1. The number of amides is 1. The van der Waals surface area contributed by atoms with Gasteiger partial charge >= 0.3 is 0 Å². The third-order valence-corrected chi connectivity index (χ3v) is 5.71. The molecule has 1 aliphatic heterocycles. The fourth-order valence-electron chi connectivity index (χ4n) is 3.17. The van der Waals surface area contributed by atoms with Crippen LogP contribution in [0.15, 0.2) is 35.2 Å². The van der Waals surface area contributed by atoms with Crippen molar-refractivity contribution in [1.29, 1.82) is 0 Å². The average Bonchev–Trinajstić information content (AvgIpc) is 3.39. The Morgan fingerprint density at radius 3 is 2.70 bits per heavy atom. The highest BCUT2D eigenvalue weighted by Crippen LogP contribution is 2.31. The number of rotatable bonds is 7. The van der Waals surface area contributed by atoms with E-state index in [9.17, 15) is 9.90 Å². The molecular formula is C18H26N2O2S. The van der Waals surface area contributed by atoms with Gasteiger partial charge in [-0.25, -0.2) is 0 Å². The van der Waals surface area contributed by atoms with Crippen molar-refractivity contribution in [3.63, 3.8) is 0 Å². The van der Waals surface area contributed by atoms with E-state index in [1.165, 1.54) is 12.8 Å². The zero-order valence-electron chi connectivity index (χ0n) is 13.6. The quantitative estimate of drug-likeness (QED) is 0.776. The largest absolute Gasteiger partial charge is 0.396 e. The monoisotopic (exact) mass is 334 g/mol. The number of piperazine rings is 1. The molecule has 126 valence electrons. The zero-order chi connectivity index (χ0) is 16.1. The lowest BCUT2D eigenvalue weighted by Gasteiger charge is -2.41. The topological polar surface area (TPSA) is 43.8 Å². The molecule has 2 aliphatic rings. The van der Waals surface area contributed by atoms with E-state index in [-0.39, 0.29) is 12.5 Å². The van der Waals surface area contributed by atoms with Crippen LogP contribution in [0.25, 0.3) is 0 Å². The van der Waals surface area contributed by atoms with Crippen LogP contribution in [0.2, 0.25) is 0 Å². The van der Waals surface area contributed by atoms with Crippen LogP contribution in [0, 0.1) is 5.92 Å². The molecule has 1 aromatic carbocycles. The van der Waals surface area contributed by atoms with Crippen molar-refractivity contribution in [2.45, 2.75) is 30.2 Å². The lowest BCUT2D eigenvalue weighted by molar-refractivity contribution is -0.131. The number of nitrogens with zero attached hydrogens (tertiary/aromatic N) is 2. The van der Waals surface area contributed by atoms with Crippen LogP contribution in [0.5, 0.6) is 0 Å². The minimum Gasteiger partial charge on any atom is -0.396 e. The van der Waals surface area contributed by atoms with Crippen molar-refractivity contribution in [2.24, 2.45) is 5.92 Å². The summed E-state index contributed by atoms with van der Waals surface area (Å²) in [4.78, 5) is 18.1. The maximum Gasteiger partial charge on any atom is 0.233 e. The van der Waals surface area contributed by atoms with Gasteiger partial charge in [-0.1, -0.05) is 18.2 Å². The maximum atomic E-state index is 12.5. The van der Waals surface area contributed by atoms with Gasteiger partial charge < -0.3 is 10.0 Å². The molecule has 1 saturated carbocycles. The van der Waals surface area contributed by atoms with Gasteiger partial charge in [0.1, 0.15) is 0 Å². The number of carbonyl (C=O) groups is 1. The van der Waals surface area contributed by atoms with Gasteiger partial charge in [0.15, 0.2) is 0 Å². The molecule has 1 N–H and O–H groups in total. The van der Waals surface area contributed by atoms with E-state index in [1.54, 1.807) is 11.8 Å². The Labute approximate surface area is 142 Å². The minimum absolute atomic E-state index is 0.201. The molecule has 1 atom stereocenters. The highest BCUT2D eigenvalue weighted by Gasteiger charge is 2.33. The van der Waals surface area contributed by atoms with Crippen LogP contribution >= 0.6 is 11.8 Å². The third-order valence-electron chi connectivity index (χ3n) is 4.71. The highest BCUT2D eigenvalue weighted by atomic mass is 32.2. The first-order valence-electron chi connectivity index (χ1n) is 8.57. The summed E-state index contributed by atoms with van der Waals surface area (Å²) >= 11 is 1.60. The van der Waals surface area contributed by atoms with Crippen molar-refractivity contribution in [1.82, 2.24) is 9.80 Å². The summed E-state index contributed by atoms with van der Waals surface area (Å²) in [5.74, 6) is 1.57. The molecule has 1 heterocycles. The molecule has 1 aliphatic carbocycles. The summed E-state index contributed by atoms with van der Waals surface area (Å²) in [6, 6.07) is 10.4. The molecular weight excluding hydrogens is 308 g/mol. The lowest BCUT2D eigenvalue weighted by Crippen LogP contribution is -2.55. The summed E-state index contributed by atoms with van der Waals surface area (Å²) in [5.41, 5.74) is 0. The van der Waals surface area contributed by atoms with E-state index >= 15 is 0 Å². The Bertz CT molecular complexity index is 507. The first kappa shape index (κ1) is 16.8. The molecule has 0 aromatic heterocycles. The fourth-order valence-corrected chi connectivity index (χ4v) is 3.99. The second-order valence-electron chi connectivity index (χ2n) is 6.55. The molecule has 1 aromatic rings. The van der Waals surface area contributed by atoms with Gasteiger partial charge in [-0.3, -0.25) is 9.69 Å². The van der Waals surface area contributed by atoms with E-state index in [2.05, 4.69) is 4.90 Å². The van der Waals surface area contributed by atoms with Crippen molar-refractivity contribution >= 4 is 17.7 Å². The van der Waals surface area contributed by atoms with Crippen LogP contribution < -0.4 is 0 Å². The van der Waals surface area contributed by atoms with Crippen molar-refractivity contribution < 1.29 is 9.90 Å². The molecule has 4 nitrogen and oxygen atoms in total. The Morgan fingerprint density at radius 2 is 2.00 bits per heavy atom. The first-order valence-corrected chi connectivity index (χ1v) is 9.55. The molecule has 5 heteroatoms. The van der Waals surface area contributed by atoms with Crippen LogP contribution in [-0.4, -0.2) is 65.4 Å². The van der Waals surface area contributed by atoms with E-state index in [1.807, 2.05) is 35.2 Å². The molecule has 2 fully saturated rings.